The average Bonchev–Trinajstić information content (AvgIpc) is 2.48. The summed E-state index contributed by atoms with van der Waals surface area (Å²) in [6, 6.07) is 11.4. The number of hydrogen-bond acceptors (Lipinski definition) is 3. The number of allylic oxidation sites excluding steroid dienone is 4. The number of amides is 1. The van der Waals surface area contributed by atoms with E-state index in [1.54, 1.807) is 0 Å². The Hall–Kier alpha value is -2.38. The first-order valence-corrected chi connectivity index (χ1v) is 6.46. The maximum Gasteiger partial charge on any atom is 0.234 e. The largest absolute Gasteiger partial charge is 0.368 e. The molecule has 102 valence electrons. The van der Waals surface area contributed by atoms with Crippen LogP contribution in [-0.4, -0.2) is 11.9 Å². The lowest BCUT2D eigenvalue weighted by molar-refractivity contribution is -0.119. The van der Waals surface area contributed by atoms with Crippen LogP contribution in [-0.2, 0) is 4.79 Å². The van der Waals surface area contributed by atoms with Gasteiger partial charge in [0.2, 0.25) is 5.91 Å². The van der Waals surface area contributed by atoms with Crippen molar-refractivity contribution in [2.45, 2.75) is 18.4 Å². The second-order valence-corrected chi connectivity index (χ2v) is 5.02. The van der Waals surface area contributed by atoms with Crippen molar-refractivity contribution in [1.29, 1.82) is 5.26 Å². The lowest BCUT2D eigenvalue weighted by Crippen LogP contribution is -2.40. The topological polar surface area (TPSA) is 92.9 Å². The Bertz CT molecular complexity index is 569. The van der Waals surface area contributed by atoms with E-state index in [-0.39, 0.29) is 12.3 Å². The number of benzene rings is 1. The second kappa shape index (κ2) is 5.72. The van der Waals surface area contributed by atoms with Crippen LogP contribution < -0.4 is 11.5 Å². The van der Waals surface area contributed by atoms with E-state index in [2.05, 4.69) is 6.07 Å². The summed E-state index contributed by atoms with van der Waals surface area (Å²) < 4.78 is 0. The van der Waals surface area contributed by atoms with Crippen LogP contribution >= 0.6 is 0 Å². The van der Waals surface area contributed by atoms with Crippen LogP contribution in [0, 0.1) is 16.7 Å². The van der Waals surface area contributed by atoms with Gasteiger partial charge in [-0.2, -0.15) is 5.26 Å². The zero-order valence-electron chi connectivity index (χ0n) is 11.1. The first kappa shape index (κ1) is 14.0. The summed E-state index contributed by atoms with van der Waals surface area (Å²) >= 11 is 0. The highest BCUT2D eigenvalue weighted by Gasteiger charge is 2.31. The van der Waals surface area contributed by atoms with Crippen molar-refractivity contribution in [2.24, 2.45) is 16.9 Å². The molecule has 20 heavy (non-hydrogen) atoms. The summed E-state index contributed by atoms with van der Waals surface area (Å²) in [6.45, 7) is 0. The van der Waals surface area contributed by atoms with Crippen LogP contribution in [0.5, 0.6) is 0 Å². The lowest BCUT2D eigenvalue weighted by atomic mass is 9.77. The summed E-state index contributed by atoms with van der Waals surface area (Å²) in [5.74, 6) is -0.450. The fraction of sp³-hybridized carbons (Fsp3) is 0.250. The van der Waals surface area contributed by atoms with Crippen molar-refractivity contribution in [3.8, 4) is 6.07 Å². The van der Waals surface area contributed by atoms with Gasteiger partial charge in [-0.3, -0.25) is 4.79 Å². The smallest absolute Gasteiger partial charge is 0.234 e. The minimum absolute atomic E-state index is 0.141. The number of carbonyl (C=O) groups excluding carboxylic acids is 1. The molecule has 1 aliphatic rings. The normalized spacial score (nSPS) is 25.9. The average molecular weight is 267 g/mol. The van der Waals surface area contributed by atoms with Crippen LogP contribution in [0.1, 0.15) is 17.9 Å². The van der Waals surface area contributed by atoms with E-state index in [0.29, 0.717) is 0 Å². The summed E-state index contributed by atoms with van der Waals surface area (Å²) in [6.07, 6.45) is 7.76. The zero-order valence-corrected chi connectivity index (χ0v) is 11.1. The van der Waals surface area contributed by atoms with E-state index in [4.69, 9.17) is 11.5 Å². The van der Waals surface area contributed by atoms with Gasteiger partial charge in [-0.05, 0) is 12.0 Å². The highest BCUT2D eigenvalue weighted by Crippen LogP contribution is 2.34. The minimum Gasteiger partial charge on any atom is -0.368 e. The molecule has 0 unspecified atom stereocenters. The third kappa shape index (κ3) is 2.95. The fourth-order valence-corrected chi connectivity index (χ4v) is 2.29. The molecule has 0 spiro atoms. The molecule has 0 radical (unpaired) electrons. The SMILES string of the molecule is N#CC1(C[C@H](N)C(N)=O)C=CC(c2ccccc2)C=C1. The second-order valence-electron chi connectivity index (χ2n) is 5.02. The Balaban J connectivity index is 2.16. The molecule has 4 N–H and O–H groups in total. The molecule has 1 aromatic carbocycles. The van der Waals surface area contributed by atoms with Gasteiger partial charge >= 0.3 is 0 Å². The van der Waals surface area contributed by atoms with E-state index >= 15 is 0 Å². The summed E-state index contributed by atoms with van der Waals surface area (Å²) in [5, 5.41) is 9.37. The number of primary amides is 1. The monoisotopic (exact) mass is 267 g/mol. The van der Waals surface area contributed by atoms with E-state index in [1.807, 2.05) is 54.6 Å². The standard InChI is InChI=1S/C16H17N3O/c17-11-16(10-14(18)15(19)20)8-6-13(7-9-16)12-4-2-1-3-5-12/h1-9,13-14H,10,18H2,(H2,19,20)/t13?,14-,16?/m0/s1. The van der Waals surface area contributed by atoms with E-state index in [9.17, 15) is 10.1 Å². The number of nitrogens with zero attached hydrogens (tertiary/aromatic N) is 1. The van der Waals surface area contributed by atoms with Crippen molar-refractivity contribution in [2.75, 3.05) is 0 Å². The quantitative estimate of drug-likeness (QED) is 0.811. The predicted octanol–water partition coefficient (Wildman–Crippen LogP) is 1.61. The Morgan fingerprint density at radius 3 is 2.40 bits per heavy atom. The van der Waals surface area contributed by atoms with Crippen molar-refractivity contribution >= 4 is 5.91 Å². The van der Waals surface area contributed by atoms with Crippen molar-refractivity contribution in [3.63, 3.8) is 0 Å². The molecule has 0 saturated heterocycles. The van der Waals surface area contributed by atoms with Crippen LogP contribution in [0.25, 0.3) is 0 Å². The molecule has 2 rings (SSSR count). The first-order chi connectivity index (χ1) is 9.56. The number of rotatable bonds is 4. The van der Waals surface area contributed by atoms with Crippen LogP contribution in [0.4, 0.5) is 0 Å². The van der Waals surface area contributed by atoms with Gasteiger partial charge in [-0.1, -0.05) is 54.6 Å². The molecular formula is C16H17N3O. The molecular weight excluding hydrogens is 250 g/mol. The van der Waals surface area contributed by atoms with Gasteiger partial charge in [0.15, 0.2) is 0 Å². The Labute approximate surface area is 118 Å². The van der Waals surface area contributed by atoms with Crippen LogP contribution in [0.3, 0.4) is 0 Å². The van der Waals surface area contributed by atoms with Gasteiger partial charge in [0.25, 0.3) is 0 Å². The lowest BCUT2D eigenvalue weighted by Gasteiger charge is -2.26. The molecule has 1 aromatic rings. The van der Waals surface area contributed by atoms with E-state index in [1.165, 1.54) is 0 Å². The zero-order chi connectivity index (χ0) is 14.6. The molecule has 4 nitrogen and oxygen atoms in total. The van der Waals surface area contributed by atoms with Crippen molar-refractivity contribution in [1.82, 2.24) is 0 Å². The van der Waals surface area contributed by atoms with Gasteiger partial charge in [0.1, 0.15) is 0 Å². The highest BCUT2D eigenvalue weighted by molar-refractivity contribution is 5.79. The molecule has 4 heteroatoms. The van der Waals surface area contributed by atoms with Gasteiger partial charge in [-0.15, -0.1) is 0 Å². The third-order valence-electron chi connectivity index (χ3n) is 3.52. The molecule has 1 atom stereocenters. The van der Waals surface area contributed by atoms with Gasteiger partial charge in [0, 0.05) is 5.92 Å². The third-order valence-corrected chi connectivity index (χ3v) is 3.52. The summed E-state index contributed by atoms with van der Waals surface area (Å²) in [5.41, 5.74) is 11.1. The number of nitrogens with two attached hydrogens (primary N) is 2. The number of carbonyl (C=O) groups is 1. The molecule has 0 heterocycles. The molecule has 1 amide bonds. The Kier molecular flexibility index (Phi) is 4.02. The first-order valence-electron chi connectivity index (χ1n) is 6.46. The highest BCUT2D eigenvalue weighted by atomic mass is 16.1. The Morgan fingerprint density at radius 2 is 1.90 bits per heavy atom. The number of nitriles is 1. The molecule has 0 fully saturated rings. The summed E-state index contributed by atoms with van der Waals surface area (Å²) in [4.78, 5) is 11.1. The molecule has 0 aromatic heterocycles. The van der Waals surface area contributed by atoms with Crippen LogP contribution in [0.15, 0.2) is 54.6 Å². The van der Waals surface area contributed by atoms with Crippen molar-refractivity contribution in [3.05, 3.63) is 60.2 Å². The molecule has 1 aliphatic carbocycles. The fourth-order valence-electron chi connectivity index (χ4n) is 2.29. The Morgan fingerprint density at radius 1 is 1.30 bits per heavy atom. The molecule has 0 aliphatic heterocycles. The van der Waals surface area contributed by atoms with Gasteiger partial charge in [-0.25, -0.2) is 0 Å². The molecule has 0 bridgehead atoms. The van der Waals surface area contributed by atoms with Gasteiger partial charge < -0.3 is 11.5 Å². The molecule has 0 saturated carbocycles. The maximum atomic E-state index is 11.1. The van der Waals surface area contributed by atoms with E-state index in [0.717, 1.165) is 5.56 Å². The number of hydrogen-bond donors (Lipinski definition) is 2. The van der Waals surface area contributed by atoms with Gasteiger partial charge in [0.05, 0.1) is 17.5 Å². The van der Waals surface area contributed by atoms with Crippen molar-refractivity contribution < 1.29 is 4.79 Å². The minimum atomic E-state index is -0.847. The van der Waals surface area contributed by atoms with E-state index < -0.39 is 17.4 Å². The van der Waals surface area contributed by atoms with Crippen LogP contribution in [0.2, 0.25) is 0 Å². The maximum absolute atomic E-state index is 11.1. The summed E-state index contributed by atoms with van der Waals surface area (Å²) in [7, 11) is 0. The predicted molar refractivity (Wildman–Crippen MR) is 77.3 cm³/mol.